The average molecular weight is 439 g/mol. The Balaban J connectivity index is 1.98. The van der Waals surface area contributed by atoms with E-state index in [1.807, 2.05) is 13.8 Å². The molecule has 180 valence electrons. The molecule has 1 fully saturated rings. The minimum absolute atomic E-state index is 0.00439. The minimum atomic E-state index is -0.276. The van der Waals surface area contributed by atoms with Gasteiger partial charge in [-0.1, -0.05) is 51.2 Å². The molecule has 0 radical (unpaired) electrons. The summed E-state index contributed by atoms with van der Waals surface area (Å²) in [5, 5.41) is 10.6. The summed E-state index contributed by atoms with van der Waals surface area (Å²) in [7, 11) is 0. The smallest absolute Gasteiger partial charge is 0.306 e. The Labute approximate surface area is 189 Å². The van der Waals surface area contributed by atoms with Crippen LogP contribution in [0.2, 0.25) is 0 Å². The zero-order valence-electron chi connectivity index (χ0n) is 20.1. The Morgan fingerprint density at radius 1 is 1.16 bits per heavy atom. The van der Waals surface area contributed by atoms with Crippen LogP contribution in [-0.4, -0.2) is 42.3 Å². The molecule has 6 atom stereocenters. The zero-order chi connectivity index (χ0) is 22.5. The van der Waals surface area contributed by atoms with Crippen molar-refractivity contribution in [2.45, 2.75) is 129 Å². The van der Waals surface area contributed by atoms with Gasteiger partial charge < -0.3 is 19.3 Å². The van der Waals surface area contributed by atoms with Gasteiger partial charge in [-0.15, -0.1) is 0 Å². The van der Waals surface area contributed by atoms with Crippen LogP contribution in [-0.2, 0) is 19.0 Å². The number of esters is 1. The molecule has 5 heteroatoms. The predicted octanol–water partition coefficient (Wildman–Crippen LogP) is 5.93. The van der Waals surface area contributed by atoms with Gasteiger partial charge in [-0.25, -0.2) is 0 Å². The van der Waals surface area contributed by atoms with Crippen molar-refractivity contribution in [1.29, 1.82) is 0 Å². The van der Waals surface area contributed by atoms with Crippen LogP contribution in [0.15, 0.2) is 12.2 Å². The molecule has 31 heavy (non-hydrogen) atoms. The van der Waals surface area contributed by atoms with Gasteiger partial charge in [0.1, 0.15) is 6.10 Å². The van der Waals surface area contributed by atoms with E-state index in [-0.39, 0.29) is 42.4 Å². The third kappa shape index (κ3) is 9.63. The molecule has 0 amide bonds. The van der Waals surface area contributed by atoms with E-state index >= 15 is 0 Å². The van der Waals surface area contributed by atoms with Crippen molar-refractivity contribution in [2.24, 2.45) is 11.8 Å². The highest BCUT2D eigenvalue weighted by molar-refractivity contribution is 5.69. The Morgan fingerprint density at radius 3 is 2.74 bits per heavy atom. The van der Waals surface area contributed by atoms with Crippen molar-refractivity contribution < 1.29 is 24.1 Å². The third-order valence-corrected chi connectivity index (χ3v) is 6.82. The lowest BCUT2D eigenvalue weighted by molar-refractivity contribution is -0.168. The van der Waals surface area contributed by atoms with E-state index in [1.165, 1.54) is 25.7 Å². The summed E-state index contributed by atoms with van der Waals surface area (Å²) >= 11 is 0. The normalized spacial score (nSPS) is 28.7. The highest BCUT2D eigenvalue weighted by Gasteiger charge is 2.45. The summed E-state index contributed by atoms with van der Waals surface area (Å²) in [6.45, 7) is 6.74. The number of rotatable bonds is 13. The number of carbonyl (C=O) groups excluding carboxylic acids is 1. The van der Waals surface area contributed by atoms with E-state index in [1.54, 1.807) is 0 Å². The first-order valence-electron chi connectivity index (χ1n) is 12.8. The fraction of sp³-hybridized carbons (Fsp3) is 0.885. The van der Waals surface area contributed by atoms with E-state index in [0.29, 0.717) is 13.0 Å². The van der Waals surface area contributed by atoms with Crippen molar-refractivity contribution in [3.05, 3.63) is 12.2 Å². The van der Waals surface area contributed by atoms with Gasteiger partial charge in [0.2, 0.25) is 0 Å². The Hall–Kier alpha value is -0.910. The van der Waals surface area contributed by atoms with Crippen molar-refractivity contribution in [3.8, 4) is 0 Å². The fourth-order valence-electron chi connectivity index (χ4n) is 5.14. The molecule has 0 aromatic carbocycles. The predicted molar refractivity (Wildman–Crippen MR) is 124 cm³/mol. The van der Waals surface area contributed by atoms with Gasteiger partial charge in [0.25, 0.3) is 0 Å². The van der Waals surface area contributed by atoms with Gasteiger partial charge in [0.05, 0.1) is 12.2 Å². The third-order valence-electron chi connectivity index (χ3n) is 6.82. The second-order valence-electron chi connectivity index (χ2n) is 9.32. The van der Waals surface area contributed by atoms with Crippen LogP contribution in [0, 0.1) is 11.8 Å². The summed E-state index contributed by atoms with van der Waals surface area (Å²) < 4.78 is 17.8. The van der Waals surface area contributed by atoms with Gasteiger partial charge in [0, 0.05) is 25.4 Å². The van der Waals surface area contributed by atoms with E-state index in [2.05, 4.69) is 19.1 Å². The van der Waals surface area contributed by atoms with E-state index in [4.69, 9.17) is 14.2 Å². The average Bonchev–Trinajstić information content (AvgIpc) is 3.04. The van der Waals surface area contributed by atoms with E-state index in [9.17, 15) is 9.90 Å². The molecule has 1 N–H and O–H groups in total. The number of hydrogen-bond acceptors (Lipinski definition) is 5. The topological polar surface area (TPSA) is 65.0 Å². The van der Waals surface area contributed by atoms with Gasteiger partial charge in [-0.05, 0) is 58.3 Å². The molecule has 0 aromatic heterocycles. The first kappa shape index (κ1) is 26.3. The lowest BCUT2D eigenvalue weighted by Gasteiger charge is -2.28. The molecular weight excluding hydrogens is 392 g/mol. The quantitative estimate of drug-likeness (QED) is 0.167. The van der Waals surface area contributed by atoms with Crippen LogP contribution in [0.3, 0.4) is 0 Å². The number of carbonyl (C=O) groups is 1. The Morgan fingerprint density at radius 2 is 1.97 bits per heavy atom. The summed E-state index contributed by atoms with van der Waals surface area (Å²) in [5.74, 6) is 0.420. The molecule has 1 aliphatic heterocycles. The van der Waals surface area contributed by atoms with Crippen LogP contribution >= 0.6 is 0 Å². The highest BCUT2D eigenvalue weighted by atomic mass is 16.7. The largest absolute Gasteiger partial charge is 0.462 e. The summed E-state index contributed by atoms with van der Waals surface area (Å²) in [4.78, 5) is 12.3. The molecule has 1 saturated carbocycles. The molecule has 2 rings (SSSR count). The maximum atomic E-state index is 12.3. The standard InChI is InChI=1S/C26H46O5/c1-4-6-7-8-11-14-21(27)17-18-23-22-15-12-9-10-13-16-26(28)31-25(22)19-24(23)30-20(3)29-5-2/h9,12,20-25,27H,4-8,10-11,13-19H2,1-3H3. The van der Waals surface area contributed by atoms with Gasteiger partial charge in [-0.2, -0.15) is 0 Å². The van der Waals surface area contributed by atoms with E-state index in [0.717, 1.165) is 51.4 Å². The number of aliphatic hydroxyl groups is 1. The molecule has 6 unspecified atom stereocenters. The van der Waals surface area contributed by atoms with Crippen molar-refractivity contribution in [1.82, 2.24) is 0 Å². The molecule has 0 bridgehead atoms. The van der Waals surface area contributed by atoms with Crippen LogP contribution in [0.25, 0.3) is 0 Å². The first-order chi connectivity index (χ1) is 15.0. The van der Waals surface area contributed by atoms with E-state index < -0.39 is 0 Å². The van der Waals surface area contributed by atoms with Crippen molar-refractivity contribution in [3.63, 3.8) is 0 Å². The summed E-state index contributed by atoms with van der Waals surface area (Å²) in [6.07, 6.45) is 16.3. The molecule has 0 saturated heterocycles. The molecule has 2 aliphatic rings. The second kappa shape index (κ2) is 15.0. The molecule has 0 aromatic rings. The SMILES string of the molecule is CCCCCCCC(O)CCC1C(OC(C)OCC)CC2OC(=O)CCCC=CCC21. The maximum Gasteiger partial charge on any atom is 0.306 e. The number of aliphatic hydroxyl groups excluding tert-OH is 1. The Bertz CT molecular complexity index is 520. The zero-order valence-corrected chi connectivity index (χ0v) is 20.1. The van der Waals surface area contributed by atoms with Crippen LogP contribution in [0.4, 0.5) is 0 Å². The number of fused-ring (bicyclic) bond motifs is 1. The van der Waals surface area contributed by atoms with Crippen molar-refractivity contribution in [2.75, 3.05) is 6.61 Å². The maximum absolute atomic E-state index is 12.3. The summed E-state index contributed by atoms with van der Waals surface area (Å²) in [6, 6.07) is 0. The molecule has 1 heterocycles. The van der Waals surface area contributed by atoms with Crippen molar-refractivity contribution >= 4 is 5.97 Å². The monoisotopic (exact) mass is 438 g/mol. The molecule has 1 aliphatic carbocycles. The fourth-order valence-corrected chi connectivity index (χ4v) is 5.14. The van der Waals surface area contributed by atoms with Gasteiger partial charge in [-0.3, -0.25) is 4.79 Å². The molecule has 5 nitrogen and oxygen atoms in total. The first-order valence-corrected chi connectivity index (χ1v) is 12.8. The minimum Gasteiger partial charge on any atom is -0.462 e. The van der Waals surface area contributed by atoms with Crippen LogP contribution in [0.5, 0.6) is 0 Å². The second-order valence-corrected chi connectivity index (χ2v) is 9.32. The number of ether oxygens (including phenoxy) is 3. The lowest BCUT2D eigenvalue weighted by Crippen LogP contribution is -2.29. The molecular formula is C26H46O5. The van der Waals surface area contributed by atoms with Crippen LogP contribution < -0.4 is 0 Å². The van der Waals surface area contributed by atoms with Gasteiger partial charge >= 0.3 is 5.97 Å². The summed E-state index contributed by atoms with van der Waals surface area (Å²) in [5.41, 5.74) is 0. The Kier molecular flexibility index (Phi) is 12.8. The number of unbranched alkanes of at least 4 members (excludes halogenated alkanes) is 4. The highest BCUT2D eigenvalue weighted by Crippen LogP contribution is 2.42. The number of allylic oxidation sites excluding steroid dienone is 2. The lowest BCUT2D eigenvalue weighted by atomic mass is 9.85. The molecule has 0 spiro atoms. The van der Waals surface area contributed by atoms with Gasteiger partial charge in [0.15, 0.2) is 6.29 Å². The number of hydrogen-bond donors (Lipinski definition) is 1. The van der Waals surface area contributed by atoms with Crippen LogP contribution in [0.1, 0.15) is 104 Å².